The van der Waals surface area contributed by atoms with E-state index in [9.17, 15) is 0 Å². The zero-order chi connectivity index (χ0) is 14.3. The number of fused-ring (bicyclic) bond motifs is 1. The van der Waals surface area contributed by atoms with E-state index in [4.69, 9.17) is 0 Å². The lowest BCUT2D eigenvalue weighted by atomic mass is 10.0. The van der Waals surface area contributed by atoms with Gasteiger partial charge in [-0.25, -0.2) is 0 Å². The van der Waals surface area contributed by atoms with Gasteiger partial charge in [0.05, 0.1) is 4.83 Å². The predicted octanol–water partition coefficient (Wildman–Crippen LogP) is 6.76. The Hall–Kier alpha value is -0.640. The van der Waals surface area contributed by atoms with Crippen LogP contribution >= 0.6 is 43.2 Å². The summed E-state index contributed by atoms with van der Waals surface area (Å²) >= 11 is 9.24. The summed E-state index contributed by atoms with van der Waals surface area (Å²) < 4.78 is 1.12. The largest absolute Gasteiger partial charge is 0.146 e. The molecule has 0 spiro atoms. The highest BCUT2D eigenvalue weighted by molar-refractivity contribution is 9.10. The molecule has 0 saturated heterocycles. The van der Waals surface area contributed by atoms with E-state index in [1.807, 2.05) is 11.3 Å². The summed E-state index contributed by atoms with van der Waals surface area (Å²) in [6.45, 7) is 4.36. The molecule has 3 rings (SSSR count). The minimum absolute atomic E-state index is 0.264. The minimum Gasteiger partial charge on any atom is -0.146 e. The van der Waals surface area contributed by atoms with Gasteiger partial charge >= 0.3 is 0 Å². The number of thiophene rings is 1. The SMILES string of the molecule is Cc1cc(C(Br)c2ccc3cc(Br)ccc3c2)c(C)s1. The van der Waals surface area contributed by atoms with Crippen LogP contribution in [-0.4, -0.2) is 0 Å². The molecule has 20 heavy (non-hydrogen) atoms. The summed E-state index contributed by atoms with van der Waals surface area (Å²) in [4.78, 5) is 3.02. The lowest BCUT2D eigenvalue weighted by Gasteiger charge is -2.11. The van der Waals surface area contributed by atoms with E-state index >= 15 is 0 Å². The fraction of sp³-hybridized carbons (Fsp3) is 0.176. The molecular weight excluding hydrogens is 396 g/mol. The average Bonchev–Trinajstić information content (AvgIpc) is 2.76. The van der Waals surface area contributed by atoms with Gasteiger partial charge < -0.3 is 0 Å². The van der Waals surface area contributed by atoms with Crippen LogP contribution in [0.15, 0.2) is 46.9 Å². The maximum absolute atomic E-state index is 3.86. The van der Waals surface area contributed by atoms with Crippen LogP contribution in [0.25, 0.3) is 10.8 Å². The van der Waals surface area contributed by atoms with Crippen LogP contribution in [0.5, 0.6) is 0 Å². The van der Waals surface area contributed by atoms with Crippen molar-refractivity contribution < 1.29 is 0 Å². The number of halogens is 2. The van der Waals surface area contributed by atoms with E-state index in [1.54, 1.807) is 0 Å². The number of alkyl halides is 1. The summed E-state index contributed by atoms with van der Waals surface area (Å²) in [5.41, 5.74) is 2.68. The second-order valence-electron chi connectivity index (χ2n) is 4.98. The zero-order valence-electron chi connectivity index (χ0n) is 11.3. The van der Waals surface area contributed by atoms with Gasteiger partial charge in [-0.3, -0.25) is 0 Å². The second kappa shape index (κ2) is 5.63. The molecule has 1 aromatic heterocycles. The Kier molecular flexibility index (Phi) is 4.02. The maximum Gasteiger partial charge on any atom is 0.0655 e. The third-order valence-electron chi connectivity index (χ3n) is 3.47. The zero-order valence-corrected chi connectivity index (χ0v) is 15.3. The maximum atomic E-state index is 3.86. The van der Waals surface area contributed by atoms with Crippen molar-refractivity contribution in [2.24, 2.45) is 0 Å². The first kappa shape index (κ1) is 14.3. The van der Waals surface area contributed by atoms with Crippen LogP contribution in [0.1, 0.15) is 25.7 Å². The van der Waals surface area contributed by atoms with Crippen molar-refractivity contribution in [3.8, 4) is 0 Å². The van der Waals surface area contributed by atoms with Crippen molar-refractivity contribution >= 4 is 54.0 Å². The summed E-state index contributed by atoms with van der Waals surface area (Å²) in [5.74, 6) is 0. The number of benzene rings is 2. The fourth-order valence-electron chi connectivity index (χ4n) is 2.47. The van der Waals surface area contributed by atoms with Crippen molar-refractivity contribution in [3.63, 3.8) is 0 Å². The van der Waals surface area contributed by atoms with Gasteiger partial charge in [0.15, 0.2) is 0 Å². The van der Waals surface area contributed by atoms with Crippen molar-refractivity contribution in [1.29, 1.82) is 0 Å². The minimum atomic E-state index is 0.264. The number of hydrogen-bond donors (Lipinski definition) is 0. The molecule has 1 unspecified atom stereocenters. The lowest BCUT2D eigenvalue weighted by molar-refractivity contribution is 1.17. The third-order valence-corrected chi connectivity index (χ3v) is 5.97. The van der Waals surface area contributed by atoms with Crippen LogP contribution in [0.2, 0.25) is 0 Å². The molecule has 0 saturated carbocycles. The Morgan fingerprint density at radius 2 is 1.65 bits per heavy atom. The van der Waals surface area contributed by atoms with Gasteiger partial charge in [-0.2, -0.15) is 0 Å². The van der Waals surface area contributed by atoms with Crippen molar-refractivity contribution in [1.82, 2.24) is 0 Å². The molecule has 2 aromatic carbocycles. The molecule has 102 valence electrons. The van der Waals surface area contributed by atoms with Crippen LogP contribution < -0.4 is 0 Å². The van der Waals surface area contributed by atoms with E-state index in [1.165, 1.54) is 31.7 Å². The van der Waals surface area contributed by atoms with Gasteiger partial charge in [0.1, 0.15) is 0 Å². The smallest absolute Gasteiger partial charge is 0.0655 e. The van der Waals surface area contributed by atoms with Crippen LogP contribution in [-0.2, 0) is 0 Å². The molecule has 3 aromatic rings. The third kappa shape index (κ3) is 2.72. The molecule has 0 radical (unpaired) electrons. The van der Waals surface area contributed by atoms with Crippen LogP contribution in [0.3, 0.4) is 0 Å². The molecule has 1 heterocycles. The highest BCUT2D eigenvalue weighted by Crippen LogP contribution is 2.37. The molecular formula is C17H14Br2S. The Morgan fingerprint density at radius 1 is 0.950 bits per heavy atom. The van der Waals surface area contributed by atoms with Gasteiger partial charge in [-0.15, -0.1) is 11.3 Å². The summed E-state index contributed by atoms with van der Waals surface area (Å²) in [5, 5.41) is 2.54. The van der Waals surface area contributed by atoms with Gasteiger partial charge in [0.25, 0.3) is 0 Å². The molecule has 0 aliphatic heterocycles. The molecule has 0 aliphatic rings. The lowest BCUT2D eigenvalue weighted by Crippen LogP contribution is -1.92. The predicted molar refractivity (Wildman–Crippen MR) is 96.2 cm³/mol. The van der Waals surface area contributed by atoms with Crippen molar-refractivity contribution in [2.75, 3.05) is 0 Å². The molecule has 0 bridgehead atoms. The van der Waals surface area contributed by atoms with Crippen LogP contribution in [0.4, 0.5) is 0 Å². The average molecular weight is 410 g/mol. The monoisotopic (exact) mass is 408 g/mol. The number of rotatable bonds is 2. The van der Waals surface area contributed by atoms with E-state index in [-0.39, 0.29) is 4.83 Å². The molecule has 0 amide bonds. The molecule has 3 heteroatoms. The quantitative estimate of drug-likeness (QED) is 0.410. The first-order chi connectivity index (χ1) is 9.54. The highest BCUT2D eigenvalue weighted by atomic mass is 79.9. The van der Waals surface area contributed by atoms with E-state index in [2.05, 4.69) is 88.2 Å². The van der Waals surface area contributed by atoms with Crippen LogP contribution in [0, 0.1) is 13.8 Å². The molecule has 0 N–H and O–H groups in total. The molecule has 0 aliphatic carbocycles. The van der Waals surface area contributed by atoms with Crippen molar-refractivity contribution in [2.45, 2.75) is 18.7 Å². The first-order valence-corrected chi connectivity index (χ1v) is 8.97. The van der Waals surface area contributed by atoms with Gasteiger partial charge in [-0.1, -0.05) is 50.1 Å². The second-order valence-corrected chi connectivity index (χ2v) is 8.27. The Labute approximate surface area is 140 Å². The first-order valence-electron chi connectivity index (χ1n) is 6.45. The van der Waals surface area contributed by atoms with Gasteiger partial charge in [-0.05, 0) is 60.0 Å². The summed E-state index contributed by atoms with van der Waals surface area (Å²) in [7, 11) is 0. The fourth-order valence-corrected chi connectivity index (χ4v) is 4.73. The van der Waals surface area contributed by atoms with E-state index < -0.39 is 0 Å². The number of aryl methyl sites for hydroxylation is 2. The summed E-state index contributed by atoms with van der Waals surface area (Å²) in [6, 6.07) is 15.4. The molecule has 0 fully saturated rings. The Balaban J connectivity index is 2.05. The van der Waals surface area contributed by atoms with Crippen molar-refractivity contribution in [3.05, 3.63) is 67.8 Å². The van der Waals surface area contributed by atoms with Gasteiger partial charge in [0, 0.05) is 14.2 Å². The highest BCUT2D eigenvalue weighted by Gasteiger charge is 2.15. The molecule has 1 atom stereocenters. The normalized spacial score (nSPS) is 12.8. The van der Waals surface area contributed by atoms with Gasteiger partial charge in [0.2, 0.25) is 0 Å². The van der Waals surface area contributed by atoms with E-state index in [0.717, 1.165) is 4.47 Å². The topological polar surface area (TPSA) is 0 Å². The van der Waals surface area contributed by atoms with E-state index in [0.29, 0.717) is 0 Å². The summed E-state index contributed by atoms with van der Waals surface area (Å²) in [6.07, 6.45) is 0. The number of hydrogen-bond acceptors (Lipinski definition) is 1. The Bertz CT molecular complexity index is 774. The molecule has 0 nitrogen and oxygen atoms in total. The standard InChI is InChI=1S/C17H14Br2S/c1-10-7-16(11(2)20-10)17(19)14-4-3-13-9-15(18)6-5-12(13)8-14/h3-9,17H,1-2H3. The Morgan fingerprint density at radius 3 is 2.35 bits per heavy atom.